The number of nitrogens with two attached hydrogens (primary N) is 1. The zero-order chi connectivity index (χ0) is 17.8. The van der Waals surface area contributed by atoms with E-state index in [2.05, 4.69) is 23.6 Å². The molecule has 128 valence electrons. The van der Waals surface area contributed by atoms with Gasteiger partial charge in [0.15, 0.2) is 5.78 Å². The minimum absolute atomic E-state index is 0.124. The molecule has 4 rings (SSSR count). The molecule has 0 saturated carbocycles. The highest BCUT2D eigenvalue weighted by Crippen LogP contribution is 2.47. The fourth-order valence-corrected chi connectivity index (χ4v) is 4.39. The largest absolute Gasteiger partial charge is 0.365 e. The van der Waals surface area contributed by atoms with E-state index in [-0.39, 0.29) is 17.3 Å². The monoisotopic (exact) mass is 335 g/mol. The number of carbonyl (C=O) groups is 2. The topological polar surface area (TPSA) is 78.0 Å². The molecular weight excluding hydrogens is 314 g/mol. The molecule has 1 aromatic heterocycles. The van der Waals surface area contributed by atoms with E-state index in [9.17, 15) is 9.59 Å². The van der Waals surface area contributed by atoms with Gasteiger partial charge in [-0.05, 0) is 37.8 Å². The normalized spacial score (nSPS) is 25.1. The lowest BCUT2D eigenvalue weighted by Gasteiger charge is -2.41. The number of aryl methyl sites for hydroxylation is 1. The first-order valence-corrected chi connectivity index (χ1v) is 8.62. The van der Waals surface area contributed by atoms with E-state index in [1.54, 1.807) is 6.08 Å². The van der Waals surface area contributed by atoms with Crippen LogP contribution >= 0.6 is 0 Å². The number of allylic oxidation sites excluding steroid dienone is 1. The zero-order valence-electron chi connectivity index (χ0n) is 14.5. The molecule has 25 heavy (non-hydrogen) atoms. The maximum atomic E-state index is 12.2. The van der Waals surface area contributed by atoms with Gasteiger partial charge < -0.3 is 10.3 Å². The van der Waals surface area contributed by atoms with E-state index < -0.39 is 11.3 Å². The van der Waals surface area contributed by atoms with Gasteiger partial charge in [-0.15, -0.1) is 0 Å². The minimum atomic E-state index is -0.643. The lowest BCUT2D eigenvalue weighted by molar-refractivity contribution is -0.122. The summed E-state index contributed by atoms with van der Waals surface area (Å²) in [5.74, 6) is 0.298. The molecule has 2 N–H and O–H groups in total. The minimum Gasteiger partial charge on any atom is -0.365 e. The Labute approximate surface area is 146 Å². The van der Waals surface area contributed by atoms with Gasteiger partial charge in [0, 0.05) is 23.2 Å². The van der Waals surface area contributed by atoms with Gasteiger partial charge in [0.1, 0.15) is 5.82 Å². The maximum absolute atomic E-state index is 12.2. The third-order valence-corrected chi connectivity index (χ3v) is 5.68. The third kappa shape index (κ3) is 2.26. The molecule has 0 fully saturated rings. The number of aromatic nitrogens is 2. The van der Waals surface area contributed by atoms with Crippen LogP contribution in [0.5, 0.6) is 0 Å². The van der Waals surface area contributed by atoms with Crippen molar-refractivity contribution in [3.05, 3.63) is 59.2 Å². The molecule has 0 radical (unpaired) electrons. The van der Waals surface area contributed by atoms with Gasteiger partial charge in [-0.25, -0.2) is 4.98 Å². The number of primary amides is 1. The first kappa shape index (κ1) is 15.8. The predicted octanol–water partition coefficient (Wildman–Crippen LogP) is 2.39. The number of amides is 1. The predicted molar refractivity (Wildman–Crippen MR) is 94.4 cm³/mol. The molecule has 0 saturated heterocycles. The summed E-state index contributed by atoms with van der Waals surface area (Å²) in [5.41, 5.74) is 8.34. The van der Waals surface area contributed by atoms with Crippen LogP contribution in [0.25, 0.3) is 5.69 Å². The van der Waals surface area contributed by atoms with Crippen molar-refractivity contribution in [1.82, 2.24) is 9.55 Å². The number of para-hydroxylation sites is 1. The number of benzene rings is 1. The highest BCUT2D eigenvalue weighted by molar-refractivity contribution is 6.19. The van der Waals surface area contributed by atoms with Crippen LogP contribution in [0.15, 0.2) is 42.0 Å². The van der Waals surface area contributed by atoms with E-state index in [1.807, 2.05) is 25.1 Å². The average Bonchev–Trinajstić information content (AvgIpc) is 2.93. The van der Waals surface area contributed by atoms with Gasteiger partial charge in [-0.1, -0.05) is 31.2 Å². The second-order valence-corrected chi connectivity index (χ2v) is 7.19. The summed E-state index contributed by atoms with van der Waals surface area (Å²) in [6.07, 6.45) is 3.90. The summed E-state index contributed by atoms with van der Waals surface area (Å²) >= 11 is 0. The summed E-state index contributed by atoms with van der Waals surface area (Å²) in [5, 5.41) is 0. The van der Waals surface area contributed by atoms with Crippen molar-refractivity contribution in [2.75, 3.05) is 0 Å². The molecule has 1 heterocycles. The van der Waals surface area contributed by atoms with Gasteiger partial charge in [-0.2, -0.15) is 0 Å². The zero-order valence-corrected chi connectivity index (χ0v) is 14.5. The van der Waals surface area contributed by atoms with Crippen LogP contribution in [0.4, 0.5) is 0 Å². The molecule has 2 unspecified atom stereocenters. The van der Waals surface area contributed by atoms with E-state index >= 15 is 0 Å². The summed E-state index contributed by atoms with van der Waals surface area (Å²) in [6, 6.07) is 10.2. The molecular formula is C20H21N3O2. The molecule has 1 amide bonds. The Morgan fingerprint density at radius 3 is 2.72 bits per heavy atom. The van der Waals surface area contributed by atoms with Crippen LogP contribution < -0.4 is 5.73 Å². The van der Waals surface area contributed by atoms with Crippen LogP contribution in [0.2, 0.25) is 0 Å². The van der Waals surface area contributed by atoms with E-state index in [0.717, 1.165) is 35.7 Å². The molecule has 0 spiro atoms. The van der Waals surface area contributed by atoms with Crippen molar-refractivity contribution in [3.63, 3.8) is 0 Å². The van der Waals surface area contributed by atoms with Gasteiger partial charge in [0.25, 0.3) is 5.91 Å². The molecule has 5 heteroatoms. The number of fused-ring (bicyclic) bond motifs is 3. The Morgan fingerprint density at radius 1 is 1.32 bits per heavy atom. The Hall–Kier alpha value is -2.69. The van der Waals surface area contributed by atoms with E-state index in [4.69, 9.17) is 10.7 Å². The molecule has 2 aromatic rings. The Bertz CT molecular complexity index is 911. The van der Waals surface area contributed by atoms with Gasteiger partial charge in [0.2, 0.25) is 0 Å². The summed E-state index contributed by atoms with van der Waals surface area (Å²) in [7, 11) is 0. The molecule has 5 nitrogen and oxygen atoms in total. The maximum Gasteiger partial charge on any atom is 0.252 e. The lowest BCUT2D eigenvalue weighted by atomic mass is 9.62. The van der Waals surface area contributed by atoms with Crippen LogP contribution in [0.3, 0.4) is 0 Å². The fraction of sp³-hybridized carbons (Fsp3) is 0.350. The Kier molecular flexibility index (Phi) is 3.42. The summed E-state index contributed by atoms with van der Waals surface area (Å²) in [6.45, 7) is 4.07. The number of hydrogen-bond acceptors (Lipinski definition) is 3. The van der Waals surface area contributed by atoms with Gasteiger partial charge in [-0.3, -0.25) is 9.59 Å². The Balaban J connectivity index is 1.92. The number of Topliss-reactive ketones (excluding diaryl/α,β-unsaturated/α-hetero) is 1. The molecule has 0 aliphatic heterocycles. The third-order valence-electron chi connectivity index (χ3n) is 5.68. The second kappa shape index (κ2) is 5.41. The standard InChI is InChI=1S/C20H21N3O2/c1-12-22-18-16(23(12)14-6-4-3-5-7-14)9-8-13-10-17(24)15(19(21)25)11-20(13,18)2/h3-7,11,13H,8-10H2,1-2H3,(H2,21,25). The van der Waals surface area contributed by atoms with Crippen LogP contribution in [-0.4, -0.2) is 21.2 Å². The fourth-order valence-electron chi connectivity index (χ4n) is 4.39. The quantitative estimate of drug-likeness (QED) is 0.856. The van der Waals surface area contributed by atoms with Crippen LogP contribution in [-0.2, 0) is 21.4 Å². The number of hydrogen-bond donors (Lipinski definition) is 1. The van der Waals surface area contributed by atoms with Crippen molar-refractivity contribution < 1.29 is 9.59 Å². The molecule has 1 aromatic carbocycles. The molecule has 2 aliphatic rings. The van der Waals surface area contributed by atoms with E-state index in [1.165, 1.54) is 0 Å². The number of carbonyl (C=O) groups excluding carboxylic acids is 2. The molecule has 0 bridgehead atoms. The Morgan fingerprint density at radius 2 is 2.04 bits per heavy atom. The van der Waals surface area contributed by atoms with E-state index in [0.29, 0.717) is 6.42 Å². The average molecular weight is 335 g/mol. The highest BCUT2D eigenvalue weighted by Gasteiger charge is 2.47. The highest BCUT2D eigenvalue weighted by atomic mass is 16.2. The molecule has 2 atom stereocenters. The SMILES string of the molecule is Cc1nc2c(n1-c1ccccc1)CCC1CC(=O)C(C(N)=O)=CC21C. The number of ketones is 1. The lowest BCUT2D eigenvalue weighted by Crippen LogP contribution is -2.42. The van der Waals surface area contributed by atoms with Crippen molar-refractivity contribution in [2.45, 2.75) is 38.5 Å². The van der Waals surface area contributed by atoms with Crippen LogP contribution in [0.1, 0.15) is 37.0 Å². The van der Waals surface area contributed by atoms with Gasteiger partial charge in [0.05, 0.1) is 11.3 Å². The van der Waals surface area contributed by atoms with Crippen molar-refractivity contribution in [1.29, 1.82) is 0 Å². The first-order chi connectivity index (χ1) is 11.9. The smallest absolute Gasteiger partial charge is 0.252 e. The number of nitrogens with zero attached hydrogens (tertiary/aromatic N) is 2. The second-order valence-electron chi connectivity index (χ2n) is 7.19. The van der Waals surface area contributed by atoms with Gasteiger partial charge >= 0.3 is 0 Å². The summed E-state index contributed by atoms with van der Waals surface area (Å²) < 4.78 is 2.19. The molecule has 2 aliphatic carbocycles. The van der Waals surface area contributed by atoms with Crippen molar-refractivity contribution in [3.8, 4) is 5.69 Å². The van der Waals surface area contributed by atoms with Crippen molar-refractivity contribution in [2.24, 2.45) is 11.7 Å². The van der Waals surface area contributed by atoms with Crippen LogP contribution in [0, 0.1) is 12.8 Å². The number of imidazole rings is 1. The summed E-state index contributed by atoms with van der Waals surface area (Å²) in [4.78, 5) is 28.8. The number of rotatable bonds is 2. The van der Waals surface area contributed by atoms with Crippen molar-refractivity contribution >= 4 is 11.7 Å². The first-order valence-electron chi connectivity index (χ1n) is 8.62.